The van der Waals surface area contributed by atoms with Crippen molar-refractivity contribution in [3.8, 4) is 0 Å². The molecule has 2 aromatic rings. The van der Waals surface area contributed by atoms with Crippen molar-refractivity contribution < 1.29 is 4.52 Å². The van der Waals surface area contributed by atoms with Gasteiger partial charge in [-0.25, -0.2) is 0 Å². The summed E-state index contributed by atoms with van der Waals surface area (Å²) in [5, 5.41) is 8.18. The largest absolute Gasteiger partial charge is 0.361 e. The molecule has 2 rings (SSSR count). The van der Waals surface area contributed by atoms with Crippen LogP contribution in [0.3, 0.4) is 0 Å². The van der Waals surface area contributed by atoms with E-state index in [2.05, 4.69) is 33.3 Å². The maximum atomic E-state index is 6.01. The van der Waals surface area contributed by atoms with Crippen LogP contribution in [0.4, 0.5) is 0 Å². The number of nitrogens with one attached hydrogen (secondary N) is 1. The molecule has 5 heteroatoms. The smallest absolute Gasteiger partial charge is 0.138 e. The first-order valence-corrected chi connectivity index (χ1v) is 7.26. The van der Waals surface area contributed by atoms with Crippen molar-refractivity contribution >= 4 is 27.5 Å². The van der Waals surface area contributed by atoms with Gasteiger partial charge >= 0.3 is 0 Å². The van der Waals surface area contributed by atoms with E-state index in [-0.39, 0.29) is 6.04 Å². The van der Waals surface area contributed by atoms with Crippen LogP contribution in [0.15, 0.2) is 27.2 Å². The quantitative estimate of drug-likeness (QED) is 0.884. The Morgan fingerprint density at radius 1 is 1.42 bits per heavy atom. The lowest BCUT2D eigenvalue weighted by atomic mass is 10.1. The van der Waals surface area contributed by atoms with Gasteiger partial charge in [-0.05, 0) is 44.5 Å². The Morgan fingerprint density at radius 2 is 2.16 bits per heavy atom. The van der Waals surface area contributed by atoms with E-state index < -0.39 is 0 Å². The van der Waals surface area contributed by atoms with Crippen LogP contribution in [-0.2, 0) is 6.54 Å². The number of rotatable bonds is 4. The molecule has 0 spiro atoms. The van der Waals surface area contributed by atoms with Gasteiger partial charge in [0.2, 0.25) is 0 Å². The van der Waals surface area contributed by atoms with Gasteiger partial charge in [-0.2, -0.15) is 0 Å². The van der Waals surface area contributed by atoms with Crippen molar-refractivity contribution in [1.29, 1.82) is 0 Å². The molecule has 0 fully saturated rings. The lowest BCUT2D eigenvalue weighted by molar-refractivity contribution is 0.390. The monoisotopic (exact) mass is 342 g/mol. The third-order valence-electron chi connectivity index (χ3n) is 3.13. The maximum Gasteiger partial charge on any atom is 0.138 e. The summed E-state index contributed by atoms with van der Waals surface area (Å²) in [6.45, 7) is 6.72. The topological polar surface area (TPSA) is 38.1 Å². The number of aromatic nitrogens is 1. The second-order valence-corrected chi connectivity index (χ2v) is 5.87. The molecule has 1 atom stereocenters. The molecule has 3 nitrogen and oxygen atoms in total. The molecule has 19 heavy (non-hydrogen) atoms. The number of aryl methyl sites for hydroxylation is 2. The maximum absolute atomic E-state index is 6.01. The SMILES string of the molecule is Cc1noc(C)c1C(C)NCc1cc(Cl)ccc1Br. The van der Waals surface area contributed by atoms with Crippen LogP contribution in [0, 0.1) is 13.8 Å². The predicted molar refractivity (Wildman–Crippen MR) is 80.4 cm³/mol. The second-order valence-electron chi connectivity index (χ2n) is 4.58. The van der Waals surface area contributed by atoms with Gasteiger partial charge in [-0.1, -0.05) is 32.7 Å². The molecule has 0 saturated heterocycles. The van der Waals surface area contributed by atoms with Crippen molar-refractivity contribution in [2.45, 2.75) is 33.4 Å². The van der Waals surface area contributed by atoms with E-state index in [1.807, 2.05) is 32.0 Å². The summed E-state index contributed by atoms with van der Waals surface area (Å²) in [7, 11) is 0. The van der Waals surface area contributed by atoms with Gasteiger partial charge in [-0.15, -0.1) is 0 Å². The zero-order chi connectivity index (χ0) is 14.0. The van der Waals surface area contributed by atoms with Gasteiger partial charge in [-0.3, -0.25) is 0 Å². The number of nitrogens with zero attached hydrogens (tertiary/aromatic N) is 1. The third-order valence-corrected chi connectivity index (χ3v) is 4.14. The van der Waals surface area contributed by atoms with Crippen LogP contribution in [-0.4, -0.2) is 5.16 Å². The fourth-order valence-electron chi connectivity index (χ4n) is 2.15. The molecule has 1 heterocycles. The molecule has 1 unspecified atom stereocenters. The van der Waals surface area contributed by atoms with Crippen LogP contribution < -0.4 is 5.32 Å². The van der Waals surface area contributed by atoms with Crippen molar-refractivity contribution in [3.05, 3.63) is 50.3 Å². The lowest BCUT2D eigenvalue weighted by Gasteiger charge is -2.14. The first-order valence-electron chi connectivity index (χ1n) is 6.09. The fraction of sp³-hybridized carbons (Fsp3) is 0.357. The van der Waals surface area contributed by atoms with Crippen molar-refractivity contribution in [3.63, 3.8) is 0 Å². The molecule has 1 N–H and O–H groups in total. The molecule has 0 aliphatic carbocycles. The van der Waals surface area contributed by atoms with Crippen LogP contribution in [0.5, 0.6) is 0 Å². The highest BCUT2D eigenvalue weighted by Crippen LogP contribution is 2.24. The van der Waals surface area contributed by atoms with Crippen molar-refractivity contribution in [1.82, 2.24) is 10.5 Å². The van der Waals surface area contributed by atoms with Gasteiger partial charge in [0.25, 0.3) is 0 Å². The molecule has 0 aliphatic heterocycles. The van der Waals surface area contributed by atoms with Gasteiger partial charge in [0, 0.05) is 27.6 Å². The molecule has 0 aliphatic rings. The highest BCUT2D eigenvalue weighted by Gasteiger charge is 2.16. The molecule has 0 bridgehead atoms. The zero-order valence-electron chi connectivity index (χ0n) is 11.1. The van der Waals surface area contributed by atoms with Gasteiger partial charge in [0.05, 0.1) is 5.69 Å². The first-order chi connectivity index (χ1) is 8.99. The second kappa shape index (κ2) is 6.07. The van der Waals surface area contributed by atoms with E-state index in [1.54, 1.807) is 0 Å². The van der Waals surface area contributed by atoms with Crippen LogP contribution >= 0.6 is 27.5 Å². The van der Waals surface area contributed by atoms with E-state index >= 15 is 0 Å². The molecule has 0 saturated carbocycles. The van der Waals surface area contributed by atoms with Crippen LogP contribution in [0.2, 0.25) is 5.02 Å². The molecule has 102 valence electrons. The standard InChI is InChI=1S/C14H16BrClN2O/c1-8(14-9(2)18-19-10(14)3)17-7-11-6-12(16)4-5-13(11)15/h4-6,8,17H,7H2,1-3H3. The molecular weight excluding hydrogens is 328 g/mol. The molecule has 1 aromatic heterocycles. The first kappa shape index (κ1) is 14.6. The Balaban J connectivity index is 2.08. The number of halogens is 2. The predicted octanol–water partition coefficient (Wildman–Crippen LogP) is 4.56. The summed E-state index contributed by atoms with van der Waals surface area (Å²) in [4.78, 5) is 0. The van der Waals surface area contributed by atoms with E-state index in [0.717, 1.165) is 38.6 Å². The van der Waals surface area contributed by atoms with Crippen molar-refractivity contribution in [2.24, 2.45) is 0 Å². The normalized spacial score (nSPS) is 12.7. The Morgan fingerprint density at radius 3 is 2.79 bits per heavy atom. The summed E-state index contributed by atoms with van der Waals surface area (Å²) in [5.74, 6) is 0.864. The van der Waals surface area contributed by atoms with Gasteiger partial charge in [0.1, 0.15) is 5.76 Å². The van der Waals surface area contributed by atoms with Crippen molar-refractivity contribution in [2.75, 3.05) is 0 Å². The molecular formula is C14H16BrClN2O. The summed E-state index contributed by atoms with van der Waals surface area (Å²) in [6, 6.07) is 5.96. The van der Waals surface area contributed by atoms with Gasteiger partial charge < -0.3 is 9.84 Å². The summed E-state index contributed by atoms with van der Waals surface area (Å²) < 4.78 is 6.24. The van der Waals surface area contributed by atoms with Crippen LogP contribution in [0.1, 0.15) is 35.5 Å². The Hall–Kier alpha value is -0.840. The average Bonchev–Trinajstić information content (AvgIpc) is 2.70. The molecule has 0 radical (unpaired) electrons. The fourth-order valence-corrected chi connectivity index (χ4v) is 2.73. The summed E-state index contributed by atoms with van der Waals surface area (Å²) in [5.41, 5.74) is 3.19. The molecule has 0 amide bonds. The van der Waals surface area contributed by atoms with E-state index in [1.165, 1.54) is 0 Å². The third kappa shape index (κ3) is 3.38. The molecule has 1 aromatic carbocycles. The summed E-state index contributed by atoms with van der Waals surface area (Å²) >= 11 is 9.54. The minimum absolute atomic E-state index is 0.178. The number of hydrogen-bond donors (Lipinski definition) is 1. The van der Waals surface area contributed by atoms with E-state index in [4.69, 9.17) is 16.1 Å². The van der Waals surface area contributed by atoms with E-state index in [9.17, 15) is 0 Å². The Kier molecular flexibility index (Phi) is 4.66. The Labute approximate surface area is 126 Å². The zero-order valence-corrected chi connectivity index (χ0v) is 13.5. The van der Waals surface area contributed by atoms with Crippen LogP contribution in [0.25, 0.3) is 0 Å². The highest BCUT2D eigenvalue weighted by atomic mass is 79.9. The van der Waals surface area contributed by atoms with E-state index in [0.29, 0.717) is 0 Å². The number of benzene rings is 1. The highest BCUT2D eigenvalue weighted by molar-refractivity contribution is 9.10. The lowest BCUT2D eigenvalue weighted by Crippen LogP contribution is -2.19. The van der Waals surface area contributed by atoms with Gasteiger partial charge in [0.15, 0.2) is 0 Å². The Bertz CT molecular complexity index is 563. The number of hydrogen-bond acceptors (Lipinski definition) is 3. The summed E-state index contributed by atoms with van der Waals surface area (Å²) in [6.07, 6.45) is 0. The average molecular weight is 344 g/mol. The minimum atomic E-state index is 0.178. The minimum Gasteiger partial charge on any atom is -0.361 e.